The summed E-state index contributed by atoms with van der Waals surface area (Å²) >= 11 is 8.48. The number of thioether (sulfide) groups is 1. The van der Waals surface area contributed by atoms with Gasteiger partial charge in [-0.3, -0.25) is 14.2 Å². The van der Waals surface area contributed by atoms with Gasteiger partial charge in [0.15, 0.2) is 0 Å². The molecule has 37 heavy (non-hydrogen) atoms. The minimum Gasteiger partial charge on any atom is -0.481 e. The van der Waals surface area contributed by atoms with E-state index in [0.717, 1.165) is 55.6 Å². The number of rotatable bonds is 7. The summed E-state index contributed by atoms with van der Waals surface area (Å²) in [5, 5.41) is 13.7. The largest absolute Gasteiger partial charge is 0.481 e. The van der Waals surface area contributed by atoms with Crippen LogP contribution in [0.25, 0.3) is 0 Å². The molecule has 9 atom stereocenters. The van der Waals surface area contributed by atoms with E-state index in [9.17, 15) is 14.7 Å². The second kappa shape index (κ2) is 11.5. The second-order valence-electron chi connectivity index (χ2n) is 11.4. The summed E-state index contributed by atoms with van der Waals surface area (Å²) in [5.74, 6) is 0.989. The molecule has 1 saturated carbocycles. The fraction of sp³-hybridized carbons (Fsp3) is 0.815. The van der Waals surface area contributed by atoms with Crippen LogP contribution in [0.1, 0.15) is 56.1 Å². The predicted octanol–water partition coefficient (Wildman–Crippen LogP) is 3.03. The van der Waals surface area contributed by atoms with Crippen molar-refractivity contribution in [2.45, 2.75) is 100 Å². The Bertz CT molecular complexity index is 1050. The van der Waals surface area contributed by atoms with Crippen molar-refractivity contribution in [1.29, 1.82) is 0 Å². The molecule has 0 aromatic carbocycles. The van der Waals surface area contributed by atoms with Gasteiger partial charge in [-0.25, -0.2) is 4.98 Å². The van der Waals surface area contributed by atoms with Crippen LogP contribution in [0.4, 0.5) is 0 Å². The van der Waals surface area contributed by atoms with E-state index >= 15 is 0 Å². The van der Waals surface area contributed by atoms with Crippen molar-refractivity contribution in [1.82, 2.24) is 14.9 Å². The molecular weight excluding hydrogens is 514 g/mol. The topological polar surface area (TPSA) is 103 Å². The Hall–Kier alpha value is -1.13. The molecular formula is C27H40ClN3O5S. The summed E-state index contributed by atoms with van der Waals surface area (Å²) in [6.45, 7) is 4.98. The van der Waals surface area contributed by atoms with Gasteiger partial charge in [0.1, 0.15) is 5.82 Å². The molecule has 0 bridgehead atoms. The van der Waals surface area contributed by atoms with Crippen LogP contribution in [0.15, 0.2) is 4.79 Å². The molecule has 2 saturated heterocycles. The number of hydrogen-bond acceptors (Lipinski definition) is 7. The van der Waals surface area contributed by atoms with E-state index in [2.05, 4.69) is 12.2 Å². The number of alkyl halides is 1. The zero-order chi connectivity index (χ0) is 26.3. The zero-order valence-electron chi connectivity index (χ0n) is 22.0. The summed E-state index contributed by atoms with van der Waals surface area (Å²) in [4.78, 5) is 29.9. The van der Waals surface area contributed by atoms with Crippen LogP contribution in [0.5, 0.6) is 0 Å². The lowest BCUT2D eigenvalue weighted by molar-refractivity contribution is -0.142. The Balaban J connectivity index is 1.29. The Labute approximate surface area is 228 Å². The van der Waals surface area contributed by atoms with Gasteiger partial charge >= 0.3 is 5.97 Å². The van der Waals surface area contributed by atoms with Gasteiger partial charge in [0, 0.05) is 47.6 Å². The number of methoxy groups -OCH3 is 1. The lowest BCUT2D eigenvalue weighted by Crippen LogP contribution is -2.57. The minimum atomic E-state index is -0.705. The molecule has 1 aromatic heterocycles. The maximum absolute atomic E-state index is 13.3. The van der Waals surface area contributed by atoms with Gasteiger partial charge in [0.25, 0.3) is 5.56 Å². The van der Waals surface area contributed by atoms with Crippen molar-refractivity contribution in [3.05, 3.63) is 27.4 Å². The molecule has 4 aliphatic rings. The fourth-order valence-corrected chi connectivity index (χ4v) is 9.32. The molecule has 0 radical (unpaired) electrons. The first kappa shape index (κ1) is 27.4. The normalized spacial score (nSPS) is 37.7. The molecule has 3 fully saturated rings. The van der Waals surface area contributed by atoms with Gasteiger partial charge in [0.05, 0.1) is 37.0 Å². The standard InChI is InChI=1S/C27H40ClN3O5S/c1-14-10-19(25-24(29-14)21(13-37-25)27(33)34)18-11-16(28)4-7-23(18)36-9-8-31-15(2)30-22-6-5-17(35-3)12-20(22)26(31)32/h14,16-19,21,23-25,29H,4-13H2,1-3H3,(H,33,34)/t14?,16?,17-,18?,19?,21?,23?,24?,25?/m0/s1. The molecule has 10 heteroatoms. The van der Waals surface area contributed by atoms with Crippen LogP contribution in [0.2, 0.25) is 0 Å². The van der Waals surface area contributed by atoms with Crippen molar-refractivity contribution in [3.8, 4) is 0 Å². The molecule has 2 aliphatic heterocycles. The first-order chi connectivity index (χ1) is 17.8. The molecule has 8 nitrogen and oxygen atoms in total. The summed E-state index contributed by atoms with van der Waals surface area (Å²) in [6, 6.07) is 0.258. The number of fused-ring (bicyclic) bond motifs is 2. The van der Waals surface area contributed by atoms with Crippen LogP contribution >= 0.6 is 23.4 Å². The monoisotopic (exact) mass is 553 g/mol. The molecule has 8 unspecified atom stereocenters. The maximum atomic E-state index is 13.3. The van der Waals surface area contributed by atoms with Crippen LogP contribution in [-0.4, -0.2) is 75.0 Å². The lowest BCUT2D eigenvalue weighted by atomic mass is 9.70. The third kappa shape index (κ3) is 5.62. The van der Waals surface area contributed by atoms with E-state index in [4.69, 9.17) is 26.1 Å². The van der Waals surface area contributed by atoms with Gasteiger partial charge < -0.3 is 19.9 Å². The Morgan fingerprint density at radius 3 is 2.84 bits per heavy atom. The van der Waals surface area contributed by atoms with E-state index in [1.165, 1.54) is 0 Å². The Kier molecular flexibility index (Phi) is 8.56. The fourth-order valence-electron chi connectivity index (χ4n) is 7.17. The summed E-state index contributed by atoms with van der Waals surface area (Å²) in [5.41, 5.74) is 1.73. The number of carboxylic acid groups (broad SMARTS) is 1. The molecule has 0 amide bonds. The Morgan fingerprint density at radius 2 is 2.08 bits per heavy atom. The van der Waals surface area contributed by atoms with Crippen LogP contribution in [0.3, 0.4) is 0 Å². The molecule has 206 valence electrons. The number of carbonyl (C=O) groups is 1. The van der Waals surface area contributed by atoms with Crippen molar-refractivity contribution >= 4 is 29.3 Å². The first-order valence-corrected chi connectivity index (χ1v) is 15.2. The number of aliphatic carboxylic acids is 1. The van der Waals surface area contributed by atoms with Crippen molar-refractivity contribution in [3.63, 3.8) is 0 Å². The van der Waals surface area contributed by atoms with E-state index in [0.29, 0.717) is 31.2 Å². The number of ether oxygens (including phenoxy) is 2. The first-order valence-electron chi connectivity index (χ1n) is 13.7. The lowest BCUT2D eigenvalue weighted by Gasteiger charge is -2.47. The van der Waals surface area contributed by atoms with Crippen molar-refractivity contribution in [2.24, 2.45) is 17.8 Å². The van der Waals surface area contributed by atoms with Gasteiger partial charge in [-0.1, -0.05) is 0 Å². The molecule has 0 spiro atoms. The Morgan fingerprint density at radius 1 is 1.27 bits per heavy atom. The van der Waals surface area contributed by atoms with E-state index in [-0.39, 0.29) is 52.3 Å². The third-order valence-electron chi connectivity index (χ3n) is 9.07. The third-order valence-corrected chi connectivity index (χ3v) is 11.0. The number of carboxylic acids is 1. The number of aryl methyl sites for hydroxylation is 2. The highest BCUT2D eigenvalue weighted by Gasteiger charge is 2.51. The van der Waals surface area contributed by atoms with E-state index in [1.807, 2.05) is 6.92 Å². The molecule has 1 aromatic rings. The van der Waals surface area contributed by atoms with Crippen LogP contribution in [-0.2, 0) is 33.7 Å². The van der Waals surface area contributed by atoms with Gasteiger partial charge in [-0.2, -0.15) is 11.8 Å². The van der Waals surface area contributed by atoms with Crippen molar-refractivity contribution in [2.75, 3.05) is 19.5 Å². The smallest absolute Gasteiger partial charge is 0.308 e. The maximum Gasteiger partial charge on any atom is 0.308 e. The molecule has 2 N–H and O–H groups in total. The van der Waals surface area contributed by atoms with E-state index in [1.54, 1.807) is 23.4 Å². The number of nitrogens with zero attached hydrogens (tertiary/aromatic N) is 2. The summed E-state index contributed by atoms with van der Waals surface area (Å²) in [7, 11) is 1.70. The number of nitrogens with one attached hydrogen (secondary N) is 1. The van der Waals surface area contributed by atoms with Gasteiger partial charge in [0.2, 0.25) is 0 Å². The minimum absolute atomic E-state index is 0.00803. The second-order valence-corrected chi connectivity index (χ2v) is 13.2. The average Bonchev–Trinajstić information content (AvgIpc) is 3.30. The zero-order valence-corrected chi connectivity index (χ0v) is 23.6. The van der Waals surface area contributed by atoms with Crippen molar-refractivity contribution < 1.29 is 19.4 Å². The number of hydrogen-bond donors (Lipinski definition) is 2. The van der Waals surface area contributed by atoms with E-state index < -0.39 is 5.97 Å². The van der Waals surface area contributed by atoms with Gasteiger partial charge in [-0.05, 0) is 64.2 Å². The highest BCUT2D eigenvalue weighted by molar-refractivity contribution is 8.00. The molecule has 5 rings (SSSR count). The van der Waals surface area contributed by atoms with Crippen LogP contribution < -0.4 is 10.9 Å². The van der Waals surface area contributed by atoms with Gasteiger partial charge in [-0.15, -0.1) is 11.6 Å². The number of piperidine rings is 1. The summed E-state index contributed by atoms with van der Waals surface area (Å²) in [6.07, 6.45) is 6.14. The summed E-state index contributed by atoms with van der Waals surface area (Å²) < 4.78 is 13.8. The number of halogens is 1. The SMILES string of the molecule is CO[C@H]1CCc2nc(C)n(CCOC3CCC(Cl)CC3C3CC(C)NC4C(C(=O)O)CSC34)c(=O)c2C1. The molecule has 3 heterocycles. The quantitative estimate of drug-likeness (QED) is 0.497. The highest BCUT2D eigenvalue weighted by Crippen LogP contribution is 2.48. The number of aromatic nitrogens is 2. The van der Waals surface area contributed by atoms with Crippen LogP contribution in [0, 0.1) is 24.7 Å². The predicted molar refractivity (Wildman–Crippen MR) is 145 cm³/mol. The molecule has 2 aliphatic carbocycles. The average molecular weight is 554 g/mol. The highest BCUT2D eigenvalue weighted by atomic mass is 35.5.